The monoisotopic (exact) mass is 305 g/mol. The number of aliphatic hydroxyl groups is 1. The fourth-order valence-corrected chi connectivity index (χ4v) is 1.83. The Morgan fingerprint density at radius 1 is 1.43 bits per heavy atom. The highest BCUT2D eigenvalue weighted by Crippen LogP contribution is 2.24. The van der Waals surface area contributed by atoms with E-state index in [0.717, 1.165) is 18.2 Å². The molecule has 7 heteroatoms. The highest BCUT2D eigenvalue weighted by atomic mass is 19.3. The van der Waals surface area contributed by atoms with Gasteiger partial charge in [0.1, 0.15) is 11.6 Å². The molecule has 0 bridgehead atoms. The molecule has 0 radical (unpaired) electrons. The fourth-order valence-electron chi connectivity index (χ4n) is 1.83. The Bertz CT molecular complexity index is 501. The van der Waals surface area contributed by atoms with Crippen LogP contribution in [0.3, 0.4) is 0 Å². The first-order valence-corrected chi connectivity index (χ1v) is 6.40. The van der Waals surface area contributed by atoms with E-state index in [-0.39, 0.29) is 18.7 Å². The van der Waals surface area contributed by atoms with Gasteiger partial charge < -0.3 is 14.7 Å². The topological polar surface area (TPSA) is 49.8 Å². The summed E-state index contributed by atoms with van der Waals surface area (Å²) in [5, 5.41) is 9.77. The summed E-state index contributed by atoms with van der Waals surface area (Å²) in [6.45, 7) is 1.82. The Morgan fingerprint density at radius 3 is 2.52 bits per heavy atom. The number of hydrogen-bond donors (Lipinski definition) is 1. The molecule has 0 unspecified atom stereocenters. The second-order valence-electron chi connectivity index (χ2n) is 5.15. The molecule has 0 fully saturated rings. The predicted molar refractivity (Wildman–Crippen MR) is 70.9 cm³/mol. The summed E-state index contributed by atoms with van der Waals surface area (Å²) in [7, 11) is 0. The van der Waals surface area contributed by atoms with Crippen molar-refractivity contribution in [1.82, 2.24) is 4.90 Å². The van der Waals surface area contributed by atoms with Crippen LogP contribution in [0.2, 0.25) is 0 Å². The molecule has 1 N–H and O–H groups in total. The van der Waals surface area contributed by atoms with Crippen molar-refractivity contribution >= 4 is 5.91 Å². The quantitative estimate of drug-likeness (QED) is 0.879. The summed E-state index contributed by atoms with van der Waals surface area (Å²) in [5.74, 6) is -1.92. The molecular weight excluding hydrogens is 287 g/mol. The molecule has 0 aliphatic rings. The van der Waals surface area contributed by atoms with Gasteiger partial charge in [0, 0.05) is 19.2 Å². The van der Waals surface area contributed by atoms with Crippen molar-refractivity contribution in [3.8, 4) is 5.75 Å². The molecule has 1 aromatic carbocycles. The van der Waals surface area contributed by atoms with E-state index in [4.69, 9.17) is 0 Å². The Hall–Kier alpha value is -1.76. The first-order chi connectivity index (χ1) is 9.64. The van der Waals surface area contributed by atoms with Crippen LogP contribution < -0.4 is 4.74 Å². The molecule has 0 aliphatic heterocycles. The van der Waals surface area contributed by atoms with E-state index in [1.54, 1.807) is 6.92 Å². The minimum atomic E-state index is -3.16. The second kappa shape index (κ2) is 6.80. The van der Waals surface area contributed by atoms with Crippen LogP contribution in [0.5, 0.6) is 5.75 Å². The Morgan fingerprint density at radius 2 is 2.05 bits per heavy atom. The number of halogens is 3. The minimum absolute atomic E-state index is 0.00777. The predicted octanol–water partition coefficient (Wildman–Crippen LogP) is 2.66. The van der Waals surface area contributed by atoms with Gasteiger partial charge in [-0.2, -0.15) is 8.78 Å². The minimum Gasteiger partial charge on any atom is -0.434 e. The number of likely N-dealkylation sites (N-methyl/N-ethyl adjacent to an activating group) is 1. The summed E-state index contributed by atoms with van der Waals surface area (Å²) in [4.78, 5) is 13.6. The second-order valence-corrected chi connectivity index (χ2v) is 5.15. The number of ether oxygens (including phenoxy) is 1. The van der Waals surface area contributed by atoms with Crippen molar-refractivity contribution in [2.75, 3.05) is 13.1 Å². The zero-order valence-electron chi connectivity index (χ0n) is 12.1. The zero-order valence-corrected chi connectivity index (χ0v) is 12.1. The third-order valence-electron chi connectivity index (χ3n) is 2.64. The Labute approximate surface area is 121 Å². The van der Waals surface area contributed by atoms with Gasteiger partial charge in [-0.05, 0) is 32.9 Å². The molecule has 0 aromatic heterocycles. The maximum atomic E-state index is 13.1. The molecule has 1 aromatic rings. The van der Waals surface area contributed by atoms with Gasteiger partial charge in [-0.25, -0.2) is 4.39 Å². The number of carbonyl (C=O) groups is 1. The van der Waals surface area contributed by atoms with Crippen LogP contribution in [-0.4, -0.2) is 41.2 Å². The van der Waals surface area contributed by atoms with Crippen molar-refractivity contribution in [3.05, 3.63) is 29.6 Å². The number of alkyl halides is 2. The molecule has 0 spiro atoms. The van der Waals surface area contributed by atoms with Gasteiger partial charge in [0.25, 0.3) is 5.91 Å². The molecule has 0 saturated heterocycles. The molecule has 0 atom stereocenters. The summed E-state index contributed by atoms with van der Waals surface area (Å²) in [6, 6.07) is 2.81. The lowest BCUT2D eigenvalue weighted by Gasteiger charge is -2.28. The number of carbonyl (C=O) groups excluding carboxylic acids is 1. The third kappa shape index (κ3) is 5.26. The van der Waals surface area contributed by atoms with Crippen molar-refractivity contribution < 1.29 is 27.8 Å². The summed E-state index contributed by atoms with van der Waals surface area (Å²) < 4.78 is 42.0. The zero-order chi connectivity index (χ0) is 16.2. The van der Waals surface area contributed by atoms with Crippen LogP contribution in [0.4, 0.5) is 13.2 Å². The van der Waals surface area contributed by atoms with E-state index in [9.17, 15) is 23.1 Å². The first kappa shape index (κ1) is 17.3. The van der Waals surface area contributed by atoms with E-state index >= 15 is 0 Å². The molecule has 118 valence electrons. The molecule has 0 aliphatic carbocycles. The van der Waals surface area contributed by atoms with E-state index in [1.165, 1.54) is 18.7 Å². The molecule has 21 heavy (non-hydrogen) atoms. The van der Waals surface area contributed by atoms with E-state index < -0.39 is 29.7 Å². The van der Waals surface area contributed by atoms with Crippen LogP contribution in [0.25, 0.3) is 0 Å². The highest BCUT2D eigenvalue weighted by molar-refractivity contribution is 5.97. The normalized spacial score (nSPS) is 11.6. The highest BCUT2D eigenvalue weighted by Gasteiger charge is 2.25. The summed E-state index contributed by atoms with van der Waals surface area (Å²) in [5.41, 5.74) is -1.32. The first-order valence-electron chi connectivity index (χ1n) is 6.40. The van der Waals surface area contributed by atoms with Gasteiger partial charge in [0.05, 0.1) is 11.2 Å². The van der Waals surface area contributed by atoms with Crippen LogP contribution in [0, 0.1) is 5.82 Å². The fraction of sp³-hybridized carbons (Fsp3) is 0.500. The molecule has 0 saturated carbocycles. The van der Waals surface area contributed by atoms with Crippen molar-refractivity contribution in [2.24, 2.45) is 0 Å². The van der Waals surface area contributed by atoms with Crippen molar-refractivity contribution in [2.45, 2.75) is 33.0 Å². The molecule has 4 nitrogen and oxygen atoms in total. The lowest BCUT2D eigenvalue weighted by molar-refractivity contribution is -0.0505. The molecular formula is C14H18F3NO3. The third-order valence-corrected chi connectivity index (χ3v) is 2.64. The largest absolute Gasteiger partial charge is 0.434 e. The van der Waals surface area contributed by atoms with Crippen LogP contribution >= 0.6 is 0 Å². The van der Waals surface area contributed by atoms with Gasteiger partial charge in [0.15, 0.2) is 0 Å². The van der Waals surface area contributed by atoms with Gasteiger partial charge in [-0.3, -0.25) is 4.79 Å². The van der Waals surface area contributed by atoms with Crippen molar-refractivity contribution in [1.29, 1.82) is 0 Å². The number of rotatable bonds is 6. The molecule has 0 heterocycles. The van der Waals surface area contributed by atoms with Crippen LogP contribution in [-0.2, 0) is 0 Å². The van der Waals surface area contributed by atoms with Crippen LogP contribution in [0.1, 0.15) is 31.1 Å². The average Bonchev–Trinajstić information content (AvgIpc) is 2.33. The van der Waals surface area contributed by atoms with Gasteiger partial charge in [-0.1, -0.05) is 0 Å². The van der Waals surface area contributed by atoms with Gasteiger partial charge in [-0.15, -0.1) is 0 Å². The summed E-state index contributed by atoms with van der Waals surface area (Å²) >= 11 is 0. The lowest BCUT2D eigenvalue weighted by atomic mass is 10.1. The van der Waals surface area contributed by atoms with Gasteiger partial charge >= 0.3 is 6.61 Å². The van der Waals surface area contributed by atoms with E-state index in [0.29, 0.717) is 0 Å². The molecule has 1 rings (SSSR count). The molecule has 1 amide bonds. The SMILES string of the molecule is CCN(CC(C)(C)O)C(=O)c1ccc(F)cc1OC(F)F. The summed E-state index contributed by atoms with van der Waals surface area (Å²) in [6.07, 6.45) is 0. The Kier molecular flexibility index (Phi) is 5.60. The Balaban J connectivity index is 3.10. The smallest absolute Gasteiger partial charge is 0.387 e. The van der Waals surface area contributed by atoms with Crippen LogP contribution in [0.15, 0.2) is 18.2 Å². The maximum absolute atomic E-state index is 13.1. The lowest BCUT2D eigenvalue weighted by Crippen LogP contribution is -2.42. The standard InChI is InChI=1S/C14H18F3NO3/c1-4-18(8-14(2,3)20)12(19)10-6-5-9(15)7-11(10)21-13(16)17/h5-7,13,20H,4,8H2,1-3H3. The van der Waals surface area contributed by atoms with Gasteiger partial charge in [0.2, 0.25) is 0 Å². The maximum Gasteiger partial charge on any atom is 0.387 e. The van der Waals surface area contributed by atoms with E-state index in [2.05, 4.69) is 4.74 Å². The van der Waals surface area contributed by atoms with Crippen molar-refractivity contribution in [3.63, 3.8) is 0 Å². The number of amides is 1. The number of hydrogen-bond acceptors (Lipinski definition) is 3. The average molecular weight is 305 g/mol. The number of benzene rings is 1. The number of nitrogens with zero attached hydrogens (tertiary/aromatic N) is 1. The van der Waals surface area contributed by atoms with E-state index in [1.807, 2.05) is 0 Å².